The van der Waals surface area contributed by atoms with Gasteiger partial charge < -0.3 is 4.89 Å². The van der Waals surface area contributed by atoms with Crippen LogP contribution in [-0.2, 0) is 13.7 Å². The minimum Gasteiger partial charge on any atom is -0.301 e. The molecule has 0 aromatic heterocycles. The number of hydrazine groups is 1. The molecule has 4 N–H and O–H groups in total. The van der Waals surface area contributed by atoms with Crippen molar-refractivity contribution in [2.45, 2.75) is 0 Å². The zero-order chi connectivity index (χ0) is 6.62. The summed E-state index contributed by atoms with van der Waals surface area (Å²) in [5, 5.41) is 0. The second kappa shape index (κ2) is 3.13. The normalized spacial score (nSPS) is 17.9. The van der Waals surface area contributed by atoms with E-state index in [0.717, 1.165) is 7.11 Å². The summed E-state index contributed by atoms with van der Waals surface area (Å²) in [5.74, 6) is 4.51. The van der Waals surface area contributed by atoms with E-state index in [4.69, 9.17) is 4.89 Å². The molecule has 0 spiro atoms. The molecule has 0 aromatic rings. The van der Waals surface area contributed by atoms with Crippen molar-refractivity contribution in [3.8, 4) is 0 Å². The predicted octanol–water partition coefficient (Wildman–Crippen LogP) is -0.872. The molecule has 0 aliphatic rings. The van der Waals surface area contributed by atoms with E-state index in [-0.39, 0.29) is 0 Å². The highest BCUT2D eigenvalue weighted by atomic mass is 31.2. The monoisotopic (exact) mass is 142 g/mol. The summed E-state index contributed by atoms with van der Waals surface area (Å²) in [6.07, 6.45) is 0. The Morgan fingerprint density at radius 3 is 2.50 bits per heavy atom. The Kier molecular flexibility index (Phi) is 3.15. The standard InChI is InChI=1S/CH7N2O4P/c1-6-8(4,5)7-3-2/h3H,2H2,1H3,(H,4,5). The molecule has 0 saturated heterocycles. The van der Waals surface area contributed by atoms with Crippen molar-refractivity contribution < 1.29 is 18.6 Å². The van der Waals surface area contributed by atoms with E-state index in [2.05, 4.69) is 15.0 Å². The fourth-order valence-electron chi connectivity index (χ4n) is 0.104. The van der Waals surface area contributed by atoms with Crippen LogP contribution < -0.4 is 11.4 Å². The molecule has 0 amide bonds. The van der Waals surface area contributed by atoms with Crippen LogP contribution in [0.4, 0.5) is 0 Å². The van der Waals surface area contributed by atoms with E-state index in [0.29, 0.717) is 0 Å². The van der Waals surface area contributed by atoms with Crippen LogP contribution in [0.15, 0.2) is 0 Å². The lowest BCUT2D eigenvalue weighted by molar-refractivity contribution is 0.112. The van der Waals surface area contributed by atoms with Crippen molar-refractivity contribution in [1.82, 2.24) is 5.59 Å². The minimum atomic E-state index is -3.91. The number of phosphoric ester groups is 1. The number of hydrogen-bond acceptors (Lipinski definition) is 5. The molecule has 0 heterocycles. The molecular weight excluding hydrogens is 135 g/mol. The summed E-state index contributed by atoms with van der Waals surface area (Å²) >= 11 is 0. The van der Waals surface area contributed by atoms with Crippen LogP contribution in [0.25, 0.3) is 0 Å². The largest absolute Gasteiger partial charge is 0.489 e. The Balaban J connectivity index is 3.55. The fourth-order valence-corrected chi connectivity index (χ4v) is 0.312. The molecule has 0 aliphatic heterocycles. The first-order valence-corrected chi connectivity index (χ1v) is 3.14. The molecule has 0 rings (SSSR count). The third-order valence-corrected chi connectivity index (χ3v) is 1.20. The molecule has 6 nitrogen and oxygen atoms in total. The first-order valence-electron chi connectivity index (χ1n) is 1.65. The topological polar surface area (TPSA) is 93.8 Å². The van der Waals surface area contributed by atoms with Gasteiger partial charge in [0, 0.05) is 7.11 Å². The summed E-state index contributed by atoms with van der Waals surface area (Å²) in [6, 6.07) is 0. The van der Waals surface area contributed by atoms with Gasteiger partial charge in [-0.3, -0.25) is 4.52 Å². The summed E-state index contributed by atoms with van der Waals surface area (Å²) in [5.41, 5.74) is 1.52. The van der Waals surface area contributed by atoms with Crippen LogP contribution in [0.2, 0.25) is 0 Å². The molecule has 0 aliphatic carbocycles. The van der Waals surface area contributed by atoms with Gasteiger partial charge in [-0.05, 0) is 0 Å². The van der Waals surface area contributed by atoms with Crippen LogP contribution in [-0.4, -0.2) is 12.0 Å². The van der Waals surface area contributed by atoms with Gasteiger partial charge in [0.05, 0.1) is 0 Å². The van der Waals surface area contributed by atoms with E-state index < -0.39 is 7.82 Å². The van der Waals surface area contributed by atoms with Gasteiger partial charge in [-0.1, -0.05) is 0 Å². The van der Waals surface area contributed by atoms with Crippen molar-refractivity contribution in [1.29, 1.82) is 0 Å². The van der Waals surface area contributed by atoms with Crippen molar-refractivity contribution in [2.24, 2.45) is 5.84 Å². The summed E-state index contributed by atoms with van der Waals surface area (Å²) in [4.78, 5) is 8.29. The van der Waals surface area contributed by atoms with Crippen molar-refractivity contribution in [3.05, 3.63) is 0 Å². The highest BCUT2D eigenvalue weighted by molar-refractivity contribution is 7.47. The van der Waals surface area contributed by atoms with E-state index in [1.54, 1.807) is 0 Å². The maximum Gasteiger partial charge on any atom is 0.489 e. The van der Waals surface area contributed by atoms with Gasteiger partial charge in [-0.25, -0.2) is 10.4 Å². The summed E-state index contributed by atoms with van der Waals surface area (Å²) < 4.78 is 17.9. The molecular formula is CH7N2O4P. The van der Waals surface area contributed by atoms with Gasteiger partial charge in [0.25, 0.3) is 0 Å². The number of rotatable bonds is 3. The van der Waals surface area contributed by atoms with Gasteiger partial charge >= 0.3 is 7.82 Å². The highest BCUT2D eigenvalue weighted by Crippen LogP contribution is 2.39. The molecule has 8 heavy (non-hydrogen) atoms. The van der Waals surface area contributed by atoms with Crippen molar-refractivity contribution in [3.63, 3.8) is 0 Å². The number of phosphoric acid groups is 1. The maximum absolute atomic E-state index is 10.2. The average Bonchev–Trinajstić information content (AvgIpc) is 1.67. The number of hydrogen-bond donors (Lipinski definition) is 3. The second-order valence-electron chi connectivity index (χ2n) is 0.860. The SMILES string of the molecule is COP(=O)(O)ONN. The zero-order valence-corrected chi connectivity index (χ0v) is 5.09. The molecule has 7 heteroatoms. The van der Waals surface area contributed by atoms with Gasteiger partial charge in [0.2, 0.25) is 0 Å². The zero-order valence-electron chi connectivity index (χ0n) is 4.20. The Bertz CT molecular complexity index is 104. The molecule has 50 valence electrons. The van der Waals surface area contributed by atoms with Gasteiger partial charge in [-0.2, -0.15) is 4.62 Å². The molecule has 0 fully saturated rings. The molecule has 0 radical (unpaired) electrons. The van der Waals surface area contributed by atoms with E-state index in [9.17, 15) is 4.57 Å². The lowest BCUT2D eigenvalue weighted by atomic mass is 11.8. The summed E-state index contributed by atoms with van der Waals surface area (Å²) in [7, 11) is -2.88. The van der Waals surface area contributed by atoms with Crippen LogP contribution >= 0.6 is 7.82 Å². The second-order valence-corrected chi connectivity index (χ2v) is 2.35. The first-order chi connectivity index (χ1) is 3.62. The van der Waals surface area contributed by atoms with Crippen LogP contribution in [0.5, 0.6) is 0 Å². The Morgan fingerprint density at radius 2 is 2.38 bits per heavy atom. The minimum absolute atomic E-state index is 1.03. The molecule has 0 aromatic carbocycles. The van der Waals surface area contributed by atoms with Crippen LogP contribution in [0.1, 0.15) is 0 Å². The van der Waals surface area contributed by atoms with Crippen LogP contribution in [0, 0.1) is 0 Å². The first kappa shape index (κ1) is 8.03. The van der Waals surface area contributed by atoms with Gasteiger partial charge in [0.15, 0.2) is 0 Å². The third-order valence-electron chi connectivity index (χ3n) is 0.399. The third kappa shape index (κ3) is 3.09. The summed E-state index contributed by atoms with van der Waals surface area (Å²) in [6.45, 7) is 0. The molecule has 1 atom stereocenters. The maximum atomic E-state index is 10.2. The smallest absolute Gasteiger partial charge is 0.301 e. The van der Waals surface area contributed by atoms with Gasteiger partial charge in [-0.15, -0.1) is 5.59 Å². The van der Waals surface area contributed by atoms with Gasteiger partial charge in [0.1, 0.15) is 0 Å². The van der Waals surface area contributed by atoms with Crippen LogP contribution in [0.3, 0.4) is 0 Å². The average molecular weight is 142 g/mol. The van der Waals surface area contributed by atoms with Crippen molar-refractivity contribution >= 4 is 7.82 Å². The fraction of sp³-hybridized carbons (Fsp3) is 1.00. The number of nitrogens with one attached hydrogen (secondary N) is 1. The highest BCUT2D eigenvalue weighted by Gasteiger charge is 2.16. The predicted molar refractivity (Wildman–Crippen MR) is 25.2 cm³/mol. The molecule has 1 unspecified atom stereocenters. The Morgan fingerprint density at radius 1 is 1.88 bits per heavy atom. The Hall–Kier alpha value is 0.0300. The molecule has 0 bridgehead atoms. The number of nitrogens with two attached hydrogens (primary N) is 1. The quantitative estimate of drug-likeness (QED) is 0.269. The lowest BCUT2D eigenvalue weighted by Gasteiger charge is -2.04. The lowest BCUT2D eigenvalue weighted by Crippen LogP contribution is -2.20. The molecule has 0 saturated carbocycles. The van der Waals surface area contributed by atoms with E-state index in [1.807, 2.05) is 0 Å². The van der Waals surface area contributed by atoms with Crippen molar-refractivity contribution in [2.75, 3.05) is 7.11 Å². The van der Waals surface area contributed by atoms with E-state index >= 15 is 0 Å². The van der Waals surface area contributed by atoms with E-state index in [1.165, 1.54) is 5.59 Å². The Labute approximate surface area is 46.1 Å².